The van der Waals surface area contributed by atoms with Crippen molar-refractivity contribution >= 4 is 24.0 Å². The van der Waals surface area contributed by atoms with Crippen LogP contribution in [0.15, 0.2) is 18.2 Å². The molecular formula is C12H16Cl2FN. The summed E-state index contributed by atoms with van der Waals surface area (Å²) in [6, 6.07) is 4.98. The van der Waals surface area contributed by atoms with Gasteiger partial charge in [-0.15, -0.1) is 12.4 Å². The molecule has 1 unspecified atom stereocenters. The van der Waals surface area contributed by atoms with Crippen molar-refractivity contribution in [1.82, 2.24) is 5.32 Å². The third kappa shape index (κ3) is 3.09. The van der Waals surface area contributed by atoms with E-state index in [4.69, 9.17) is 11.6 Å². The van der Waals surface area contributed by atoms with Gasteiger partial charge in [-0.2, -0.15) is 0 Å². The van der Waals surface area contributed by atoms with Crippen molar-refractivity contribution in [3.05, 3.63) is 34.6 Å². The molecule has 0 radical (unpaired) electrons. The van der Waals surface area contributed by atoms with Gasteiger partial charge in [-0.3, -0.25) is 0 Å². The van der Waals surface area contributed by atoms with Crippen LogP contribution in [-0.4, -0.2) is 12.1 Å². The lowest BCUT2D eigenvalue weighted by Crippen LogP contribution is -2.38. The average molecular weight is 264 g/mol. The van der Waals surface area contributed by atoms with Crippen molar-refractivity contribution in [2.45, 2.75) is 31.7 Å². The van der Waals surface area contributed by atoms with Crippen LogP contribution in [0.5, 0.6) is 0 Å². The van der Waals surface area contributed by atoms with E-state index in [-0.39, 0.29) is 28.8 Å². The Labute approximate surface area is 107 Å². The standard InChI is InChI=1S/C12H15ClFN.ClH/c1-12(5-2-6-15-12)8-9-3-4-11(14)10(13)7-9;/h3-4,7,15H,2,5-6,8H2,1H3;1H. The van der Waals surface area contributed by atoms with Crippen LogP contribution in [0, 0.1) is 5.82 Å². The summed E-state index contributed by atoms with van der Waals surface area (Å²) in [4.78, 5) is 0. The molecule has 0 bridgehead atoms. The zero-order valence-corrected chi connectivity index (χ0v) is 10.8. The highest BCUT2D eigenvalue weighted by Crippen LogP contribution is 2.25. The number of benzene rings is 1. The largest absolute Gasteiger partial charge is 0.311 e. The number of halogens is 3. The second-order valence-corrected chi connectivity index (χ2v) is 4.92. The van der Waals surface area contributed by atoms with Gasteiger partial charge in [-0.05, 0) is 50.4 Å². The molecule has 0 aliphatic carbocycles. The van der Waals surface area contributed by atoms with Crippen LogP contribution in [0.2, 0.25) is 5.02 Å². The van der Waals surface area contributed by atoms with Crippen LogP contribution in [0.4, 0.5) is 4.39 Å². The molecule has 1 aliphatic heterocycles. The Balaban J connectivity index is 0.00000128. The summed E-state index contributed by atoms with van der Waals surface area (Å²) in [5.74, 6) is -0.343. The third-order valence-electron chi connectivity index (χ3n) is 3.04. The normalized spacial score (nSPS) is 24.2. The molecule has 1 N–H and O–H groups in total. The van der Waals surface area contributed by atoms with E-state index in [1.54, 1.807) is 6.07 Å². The number of hydrogen-bond donors (Lipinski definition) is 1. The SMILES string of the molecule is CC1(Cc2ccc(F)c(Cl)c2)CCCN1.Cl. The number of rotatable bonds is 2. The topological polar surface area (TPSA) is 12.0 Å². The first-order valence-electron chi connectivity index (χ1n) is 5.28. The first-order valence-corrected chi connectivity index (χ1v) is 5.66. The molecule has 90 valence electrons. The summed E-state index contributed by atoms with van der Waals surface area (Å²) >= 11 is 5.75. The maximum atomic E-state index is 13.0. The minimum absolute atomic E-state index is 0. The molecule has 1 fully saturated rings. The second kappa shape index (κ2) is 5.35. The van der Waals surface area contributed by atoms with Crippen LogP contribution < -0.4 is 5.32 Å². The Morgan fingerprint density at radius 1 is 1.50 bits per heavy atom. The van der Waals surface area contributed by atoms with Gasteiger partial charge in [0, 0.05) is 5.54 Å². The van der Waals surface area contributed by atoms with Crippen LogP contribution in [0.1, 0.15) is 25.3 Å². The summed E-state index contributed by atoms with van der Waals surface area (Å²) in [6.07, 6.45) is 3.29. The quantitative estimate of drug-likeness (QED) is 0.860. The van der Waals surface area contributed by atoms with Gasteiger partial charge in [0.05, 0.1) is 5.02 Å². The summed E-state index contributed by atoms with van der Waals surface area (Å²) in [6.45, 7) is 3.28. The molecule has 0 aromatic heterocycles. The van der Waals surface area contributed by atoms with Crippen molar-refractivity contribution in [1.29, 1.82) is 0 Å². The summed E-state index contributed by atoms with van der Waals surface area (Å²) in [5.41, 5.74) is 1.25. The Hall–Kier alpha value is -0.310. The lowest BCUT2D eigenvalue weighted by molar-refractivity contribution is 0.412. The van der Waals surface area contributed by atoms with E-state index < -0.39 is 0 Å². The molecular weight excluding hydrogens is 248 g/mol. The van der Waals surface area contributed by atoms with E-state index in [1.165, 1.54) is 18.9 Å². The molecule has 1 saturated heterocycles. The second-order valence-electron chi connectivity index (χ2n) is 4.52. The molecule has 0 spiro atoms. The predicted octanol–water partition coefficient (Wildman–Crippen LogP) is 3.59. The molecule has 1 aliphatic rings. The third-order valence-corrected chi connectivity index (χ3v) is 3.33. The molecule has 1 aromatic rings. The minimum Gasteiger partial charge on any atom is -0.311 e. The summed E-state index contributed by atoms with van der Waals surface area (Å²) < 4.78 is 13.0. The minimum atomic E-state index is -0.343. The fourth-order valence-corrected chi connectivity index (χ4v) is 2.41. The number of hydrogen-bond acceptors (Lipinski definition) is 1. The van der Waals surface area contributed by atoms with Gasteiger partial charge < -0.3 is 5.32 Å². The fourth-order valence-electron chi connectivity index (χ4n) is 2.21. The highest BCUT2D eigenvalue weighted by molar-refractivity contribution is 6.30. The molecule has 1 heterocycles. The van der Waals surface area contributed by atoms with Crippen LogP contribution in [0.25, 0.3) is 0 Å². The molecule has 1 atom stereocenters. The van der Waals surface area contributed by atoms with Gasteiger partial charge >= 0.3 is 0 Å². The van der Waals surface area contributed by atoms with Crippen molar-refractivity contribution in [2.75, 3.05) is 6.54 Å². The van der Waals surface area contributed by atoms with E-state index in [9.17, 15) is 4.39 Å². The maximum Gasteiger partial charge on any atom is 0.141 e. The van der Waals surface area contributed by atoms with E-state index in [2.05, 4.69) is 12.2 Å². The van der Waals surface area contributed by atoms with E-state index >= 15 is 0 Å². The highest BCUT2D eigenvalue weighted by Gasteiger charge is 2.28. The molecule has 0 amide bonds. The van der Waals surface area contributed by atoms with Crippen LogP contribution >= 0.6 is 24.0 Å². The van der Waals surface area contributed by atoms with E-state index in [0.29, 0.717) is 0 Å². The Morgan fingerprint density at radius 3 is 2.81 bits per heavy atom. The lowest BCUT2D eigenvalue weighted by Gasteiger charge is -2.24. The van der Waals surface area contributed by atoms with Crippen molar-refractivity contribution < 1.29 is 4.39 Å². The van der Waals surface area contributed by atoms with Gasteiger partial charge in [0.1, 0.15) is 5.82 Å². The van der Waals surface area contributed by atoms with E-state index in [1.807, 2.05) is 6.07 Å². The average Bonchev–Trinajstić information content (AvgIpc) is 2.59. The number of nitrogens with one attached hydrogen (secondary N) is 1. The monoisotopic (exact) mass is 263 g/mol. The van der Waals surface area contributed by atoms with Gasteiger partial charge in [0.2, 0.25) is 0 Å². The molecule has 1 aromatic carbocycles. The summed E-state index contributed by atoms with van der Waals surface area (Å²) in [7, 11) is 0. The zero-order chi connectivity index (χ0) is 10.9. The van der Waals surface area contributed by atoms with Gasteiger partial charge in [-0.25, -0.2) is 4.39 Å². The van der Waals surface area contributed by atoms with Crippen molar-refractivity contribution in [3.63, 3.8) is 0 Å². The predicted molar refractivity (Wildman–Crippen MR) is 68.0 cm³/mol. The van der Waals surface area contributed by atoms with Gasteiger partial charge in [-0.1, -0.05) is 17.7 Å². The first kappa shape index (κ1) is 13.8. The molecule has 1 nitrogen and oxygen atoms in total. The van der Waals surface area contributed by atoms with E-state index in [0.717, 1.165) is 18.5 Å². The summed E-state index contributed by atoms with van der Waals surface area (Å²) in [5, 5.41) is 3.70. The Morgan fingerprint density at radius 2 is 2.25 bits per heavy atom. The molecule has 0 saturated carbocycles. The highest BCUT2D eigenvalue weighted by atomic mass is 35.5. The molecule has 4 heteroatoms. The van der Waals surface area contributed by atoms with Gasteiger partial charge in [0.15, 0.2) is 0 Å². The Kier molecular flexibility index (Phi) is 4.60. The van der Waals surface area contributed by atoms with Crippen LogP contribution in [-0.2, 0) is 6.42 Å². The fraction of sp³-hybridized carbons (Fsp3) is 0.500. The molecule has 2 rings (SSSR count). The molecule has 16 heavy (non-hydrogen) atoms. The first-order chi connectivity index (χ1) is 7.09. The maximum absolute atomic E-state index is 13.0. The van der Waals surface area contributed by atoms with Crippen molar-refractivity contribution in [3.8, 4) is 0 Å². The zero-order valence-electron chi connectivity index (χ0n) is 9.22. The smallest absolute Gasteiger partial charge is 0.141 e. The van der Waals surface area contributed by atoms with Crippen LogP contribution in [0.3, 0.4) is 0 Å². The van der Waals surface area contributed by atoms with Gasteiger partial charge in [0.25, 0.3) is 0 Å². The van der Waals surface area contributed by atoms with Crippen molar-refractivity contribution in [2.24, 2.45) is 0 Å². The lowest BCUT2D eigenvalue weighted by atomic mass is 9.91. The Bertz CT molecular complexity index is 362.